The van der Waals surface area contributed by atoms with Crippen LogP contribution in [0.15, 0.2) is 24.3 Å². The summed E-state index contributed by atoms with van der Waals surface area (Å²) in [5.74, 6) is 0.745. The highest BCUT2D eigenvalue weighted by Crippen LogP contribution is 2.25. The summed E-state index contributed by atoms with van der Waals surface area (Å²) in [6, 6.07) is 8.29. The molecule has 1 atom stereocenters. The lowest BCUT2D eigenvalue weighted by Crippen LogP contribution is -2.51. The van der Waals surface area contributed by atoms with Crippen LogP contribution in [-0.4, -0.2) is 43.2 Å². The number of nitrogens with one attached hydrogen (secondary N) is 2. The van der Waals surface area contributed by atoms with Gasteiger partial charge in [-0.15, -0.1) is 0 Å². The Morgan fingerprint density at radius 2 is 1.92 bits per heavy atom. The van der Waals surface area contributed by atoms with E-state index in [1.54, 1.807) is 7.11 Å². The molecule has 1 aromatic carbocycles. The first-order chi connectivity index (χ1) is 12.2. The average Bonchev–Trinajstić information content (AvgIpc) is 2.91. The van der Waals surface area contributed by atoms with Crippen LogP contribution in [0.4, 0.5) is 10.5 Å². The number of rotatable bonds is 4. The van der Waals surface area contributed by atoms with Crippen LogP contribution in [0.25, 0.3) is 0 Å². The second kappa shape index (κ2) is 9.09. The highest BCUT2D eigenvalue weighted by Gasteiger charge is 2.27. The summed E-state index contributed by atoms with van der Waals surface area (Å²) in [4.78, 5) is 15.0. The van der Waals surface area contributed by atoms with Crippen molar-refractivity contribution in [3.63, 3.8) is 0 Å². The summed E-state index contributed by atoms with van der Waals surface area (Å²) in [6.07, 6.45) is 10.4. The zero-order valence-electron chi connectivity index (χ0n) is 15.3. The molecule has 25 heavy (non-hydrogen) atoms. The van der Waals surface area contributed by atoms with Crippen molar-refractivity contribution in [1.29, 1.82) is 0 Å². The number of carbonyl (C=O) groups is 1. The fourth-order valence-electron chi connectivity index (χ4n) is 4.13. The summed E-state index contributed by atoms with van der Waals surface area (Å²) < 4.78 is 5.20. The van der Waals surface area contributed by atoms with Gasteiger partial charge >= 0.3 is 6.03 Å². The molecule has 1 aromatic rings. The molecule has 1 saturated carbocycles. The number of hydrogen-bond donors (Lipinski definition) is 2. The predicted octanol–water partition coefficient (Wildman–Crippen LogP) is 4.00. The highest BCUT2D eigenvalue weighted by atomic mass is 16.5. The monoisotopic (exact) mass is 345 g/mol. The summed E-state index contributed by atoms with van der Waals surface area (Å²) in [5.41, 5.74) is 0.758. The number of anilines is 1. The van der Waals surface area contributed by atoms with Crippen molar-refractivity contribution in [2.45, 2.75) is 63.5 Å². The molecule has 2 amide bonds. The number of hydrogen-bond acceptors (Lipinski definition) is 3. The Bertz CT molecular complexity index is 556. The van der Waals surface area contributed by atoms with Crippen LogP contribution in [0.1, 0.15) is 51.4 Å². The number of piperidine rings is 1. The Kier molecular flexibility index (Phi) is 6.56. The lowest BCUT2D eigenvalue weighted by molar-refractivity contribution is 0.128. The number of ether oxygens (including phenoxy) is 1. The number of likely N-dealkylation sites (tertiary alicyclic amines) is 1. The SMILES string of the molecule is COc1cccc(NC(=O)NC2CCCN(C3CCCCCC3)C2)c1. The third-order valence-electron chi connectivity index (χ3n) is 5.46. The normalized spacial score (nSPS) is 22.8. The Morgan fingerprint density at radius 3 is 2.68 bits per heavy atom. The van der Waals surface area contributed by atoms with Gasteiger partial charge in [0.05, 0.1) is 7.11 Å². The fourth-order valence-corrected chi connectivity index (χ4v) is 4.13. The van der Waals surface area contributed by atoms with E-state index in [0.29, 0.717) is 6.04 Å². The molecule has 2 N–H and O–H groups in total. The first kappa shape index (κ1) is 18.1. The zero-order valence-corrected chi connectivity index (χ0v) is 15.3. The molecule has 5 heteroatoms. The van der Waals surface area contributed by atoms with Crippen LogP contribution < -0.4 is 15.4 Å². The maximum atomic E-state index is 12.3. The van der Waals surface area contributed by atoms with Crippen LogP contribution in [0, 0.1) is 0 Å². The average molecular weight is 345 g/mol. The largest absolute Gasteiger partial charge is 0.497 e. The van der Waals surface area contributed by atoms with E-state index in [0.717, 1.165) is 24.4 Å². The summed E-state index contributed by atoms with van der Waals surface area (Å²) in [6.45, 7) is 2.16. The van der Waals surface area contributed by atoms with Crippen molar-refractivity contribution in [1.82, 2.24) is 10.2 Å². The molecule has 0 spiro atoms. The van der Waals surface area contributed by atoms with Gasteiger partial charge in [0.15, 0.2) is 0 Å². The standard InChI is InChI=1S/C20H31N3O2/c1-25-19-12-6-8-16(14-19)21-20(24)22-17-9-7-13-23(15-17)18-10-4-2-3-5-11-18/h6,8,12,14,17-18H,2-5,7,9-11,13,15H2,1H3,(H2,21,22,24). The first-order valence-corrected chi connectivity index (χ1v) is 9.70. The Balaban J connectivity index is 1.50. The van der Waals surface area contributed by atoms with Gasteiger partial charge in [0.2, 0.25) is 0 Å². The van der Waals surface area contributed by atoms with Gasteiger partial charge in [0.25, 0.3) is 0 Å². The van der Waals surface area contributed by atoms with E-state index in [-0.39, 0.29) is 12.1 Å². The van der Waals surface area contributed by atoms with Crippen LogP contribution in [-0.2, 0) is 0 Å². The van der Waals surface area contributed by atoms with Crippen molar-refractivity contribution in [3.8, 4) is 5.75 Å². The molecule has 1 unspecified atom stereocenters. The summed E-state index contributed by atoms with van der Waals surface area (Å²) in [5, 5.41) is 6.08. The van der Waals surface area contributed by atoms with E-state index >= 15 is 0 Å². The lowest BCUT2D eigenvalue weighted by atomic mass is 10.00. The second-order valence-electron chi connectivity index (χ2n) is 7.31. The summed E-state index contributed by atoms with van der Waals surface area (Å²) in [7, 11) is 1.63. The second-order valence-corrected chi connectivity index (χ2v) is 7.31. The van der Waals surface area contributed by atoms with Crippen LogP contribution in [0.2, 0.25) is 0 Å². The van der Waals surface area contributed by atoms with Crippen molar-refractivity contribution < 1.29 is 9.53 Å². The predicted molar refractivity (Wildman–Crippen MR) is 101 cm³/mol. The molecule has 1 saturated heterocycles. The van der Waals surface area contributed by atoms with Gasteiger partial charge in [-0.1, -0.05) is 31.7 Å². The van der Waals surface area contributed by atoms with Gasteiger partial charge in [0.1, 0.15) is 5.75 Å². The third-order valence-corrected chi connectivity index (χ3v) is 5.46. The molecular weight excluding hydrogens is 314 g/mol. The van der Waals surface area contributed by atoms with Gasteiger partial charge in [-0.05, 0) is 44.4 Å². The number of benzene rings is 1. The van der Waals surface area contributed by atoms with Gasteiger partial charge in [-0.3, -0.25) is 4.90 Å². The molecule has 0 bridgehead atoms. The van der Waals surface area contributed by atoms with Crippen LogP contribution in [0.5, 0.6) is 5.75 Å². The lowest BCUT2D eigenvalue weighted by Gasteiger charge is -2.38. The number of amides is 2. The van der Waals surface area contributed by atoms with Crippen molar-refractivity contribution in [3.05, 3.63) is 24.3 Å². The van der Waals surface area contributed by atoms with E-state index in [1.807, 2.05) is 24.3 Å². The molecule has 2 fully saturated rings. The highest BCUT2D eigenvalue weighted by molar-refractivity contribution is 5.89. The van der Waals surface area contributed by atoms with Crippen LogP contribution >= 0.6 is 0 Å². The number of methoxy groups -OCH3 is 1. The Labute approximate surface area is 151 Å². The van der Waals surface area contributed by atoms with E-state index in [2.05, 4.69) is 15.5 Å². The third kappa shape index (κ3) is 5.36. The molecule has 1 heterocycles. The van der Waals surface area contributed by atoms with Gasteiger partial charge in [0, 0.05) is 30.4 Å². The smallest absolute Gasteiger partial charge is 0.319 e. The molecule has 0 radical (unpaired) electrons. The number of urea groups is 1. The zero-order chi connectivity index (χ0) is 17.5. The topological polar surface area (TPSA) is 53.6 Å². The van der Waals surface area contributed by atoms with Gasteiger partial charge in [-0.25, -0.2) is 4.79 Å². The van der Waals surface area contributed by atoms with Crippen molar-refractivity contribution >= 4 is 11.7 Å². The van der Waals surface area contributed by atoms with Crippen molar-refractivity contribution in [2.75, 3.05) is 25.5 Å². The first-order valence-electron chi connectivity index (χ1n) is 9.70. The molecule has 5 nitrogen and oxygen atoms in total. The minimum Gasteiger partial charge on any atom is -0.497 e. The maximum absolute atomic E-state index is 12.3. The fraction of sp³-hybridized carbons (Fsp3) is 0.650. The Morgan fingerprint density at radius 1 is 1.12 bits per heavy atom. The molecule has 0 aromatic heterocycles. The molecule has 138 valence electrons. The van der Waals surface area contributed by atoms with E-state index < -0.39 is 0 Å². The number of nitrogens with zero attached hydrogens (tertiary/aromatic N) is 1. The Hall–Kier alpha value is -1.75. The van der Waals surface area contributed by atoms with Crippen molar-refractivity contribution in [2.24, 2.45) is 0 Å². The van der Waals surface area contributed by atoms with E-state index in [4.69, 9.17) is 4.74 Å². The molecule has 1 aliphatic heterocycles. The quantitative estimate of drug-likeness (QED) is 0.811. The van der Waals surface area contributed by atoms with E-state index in [9.17, 15) is 4.79 Å². The minimum absolute atomic E-state index is 0.124. The molecule has 1 aliphatic carbocycles. The molecule has 2 aliphatic rings. The molecular formula is C20H31N3O2. The maximum Gasteiger partial charge on any atom is 0.319 e. The minimum atomic E-state index is -0.124. The van der Waals surface area contributed by atoms with Gasteiger partial charge < -0.3 is 15.4 Å². The summed E-state index contributed by atoms with van der Waals surface area (Å²) >= 11 is 0. The van der Waals surface area contributed by atoms with E-state index in [1.165, 1.54) is 51.5 Å². The van der Waals surface area contributed by atoms with Crippen LogP contribution in [0.3, 0.4) is 0 Å². The molecule has 3 rings (SSSR count). The van der Waals surface area contributed by atoms with Gasteiger partial charge in [-0.2, -0.15) is 0 Å². The number of carbonyl (C=O) groups excluding carboxylic acids is 1.